The van der Waals surface area contributed by atoms with Gasteiger partial charge in [0.2, 0.25) is 0 Å². The molecule has 1 N–H and O–H groups in total. The maximum absolute atomic E-state index is 12.8. The molecule has 4 rings (SSSR count). The number of benzene rings is 2. The number of likely N-dealkylation sites (tertiary alicyclic amines) is 1. The van der Waals surface area contributed by atoms with Gasteiger partial charge >= 0.3 is 0 Å². The Morgan fingerprint density at radius 3 is 2.50 bits per heavy atom. The van der Waals surface area contributed by atoms with E-state index in [0.717, 1.165) is 40.8 Å². The van der Waals surface area contributed by atoms with Gasteiger partial charge in [0.15, 0.2) is 0 Å². The van der Waals surface area contributed by atoms with E-state index in [1.807, 2.05) is 44.3 Å². The van der Waals surface area contributed by atoms with Crippen molar-refractivity contribution in [2.45, 2.75) is 52.5 Å². The second-order valence-electron chi connectivity index (χ2n) is 8.72. The predicted molar refractivity (Wildman–Crippen MR) is 129 cm³/mol. The zero-order chi connectivity index (χ0) is 22.7. The van der Waals surface area contributed by atoms with Crippen LogP contribution in [0.1, 0.15) is 66.2 Å². The number of aryl methyl sites for hydroxylation is 1. The number of hydrogen-bond acceptors (Lipinski definition) is 4. The fraction of sp³-hybridized carbons (Fsp3) is 0.370. The van der Waals surface area contributed by atoms with Crippen molar-refractivity contribution in [1.29, 1.82) is 0 Å². The van der Waals surface area contributed by atoms with Crippen LogP contribution in [-0.4, -0.2) is 34.7 Å². The highest BCUT2D eigenvalue weighted by atomic mass is 16.1. The standard InChI is InChI=1S/C27H31N3O2/c1-4-24(31)15-20-7-9-21(10-8-20)27(32)29-25-12-11-22-16-23(17-28-26(22)18(25)2)19(3)30-13-5-6-14-30/h7-12,16-17,19H,4-6,13-15H2,1-3H3,(H,29,32). The van der Waals surface area contributed by atoms with Gasteiger partial charge in [-0.1, -0.05) is 25.1 Å². The Bertz CT molecular complexity index is 1130. The highest BCUT2D eigenvalue weighted by Crippen LogP contribution is 2.29. The van der Waals surface area contributed by atoms with Crippen LogP contribution >= 0.6 is 0 Å². The smallest absolute Gasteiger partial charge is 0.255 e. The molecule has 2 aromatic carbocycles. The number of Topliss-reactive ketones (excluding diaryl/α,β-unsaturated/α-hetero) is 1. The van der Waals surface area contributed by atoms with Crippen LogP contribution in [0.5, 0.6) is 0 Å². The van der Waals surface area contributed by atoms with E-state index >= 15 is 0 Å². The number of aromatic nitrogens is 1. The number of pyridine rings is 1. The summed E-state index contributed by atoms with van der Waals surface area (Å²) < 4.78 is 0. The summed E-state index contributed by atoms with van der Waals surface area (Å²) in [6, 6.07) is 13.8. The quantitative estimate of drug-likeness (QED) is 0.541. The molecule has 1 unspecified atom stereocenters. The Balaban J connectivity index is 1.50. The van der Waals surface area contributed by atoms with Gasteiger partial charge in [0, 0.05) is 41.7 Å². The lowest BCUT2D eigenvalue weighted by atomic mass is 10.0. The molecule has 5 heteroatoms. The second-order valence-corrected chi connectivity index (χ2v) is 8.72. The first-order chi connectivity index (χ1) is 15.5. The van der Waals surface area contributed by atoms with E-state index < -0.39 is 0 Å². The van der Waals surface area contributed by atoms with Crippen LogP contribution in [0.15, 0.2) is 48.7 Å². The van der Waals surface area contributed by atoms with Crippen LogP contribution in [0.3, 0.4) is 0 Å². The number of nitrogens with zero attached hydrogens (tertiary/aromatic N) is 2. The molecule has 0 radical (unpaired) electrons. The number of hydrogen-bond donors (Lipinski definition) is 1. The Morgan fingerprint density at radius 2 is 1.81 bits per heavy atom. The highest BCUT2D eigenvalue weighted by Gasteiger charge is 2.20. The predicted octanol–water partition coefficient (Wildman–Crippen LogP) is 5.47. The molecule has 1 fully saturated rings. The summed E-state index contributed by atoms with van der Waals surface area (Å²) in [5.41, 5.74) is 5.37. The summed E-state index contributed by atoms with van der Waals surface area (Å²) in [7, 11) is 0. The Labute approximate surface area is 189 Å². The van der Waals surface area contributed by atoms with E-state index in [0.29, 0.717) is 24.4 Å². The number of amides is 1. The van der Waals surface area contributed by atoms with E-state index in [9.17, 15) is 9.59 Å². The lowest BCUT2D eigenvalue weighted by Crippen LogP contribution is -2.23. The number of carbonyl (C=O) groups excluding carboxylic acids is 2. The SMILES string of the molecule is CCC(=O)Cc1ccc(C(=O)Nc2ccc3cc(C(C)N4CCCC4)cnc3c2C)cc1. The Hall–Kier alpha value is -3.05. The van der Waals surface area contributed by atoms with E-state index in [4.69, 9.17) is 4.98 Å². The molecule has 0 saturated carbocycles. The molecule has 3 aromatic rings. The molecular weight excluding hydrogens is 398 g/mol. The van der Waals surface area contributed by atoms with Gasteiger partial charge in [0.05, 0.1) is 5.52 Å². The zero-order valence-corrected chi connectivity index (χ0v) is 19.1. The maximum Gasteiger partial charge on any atom is 0.255 e. The minimum absolute atomic E-state index is 0.167. The van der Waals surface area contributed by atoms with Gasteiger partial charge in [0.1, 0.15) is 5.78 Å². The Morgan fingerprint density at radius 1 is 1.09 bits per heavy atom. The summed E-state index contributed by atoms with van der Waals surface area (Å²) >= 11 is 0. The van der Waals surface area contributed by atoms with Crippen LogP contribution in [0.4, 0.5) is 5.69 Å². The van der Waals surface area contributed by atoms with Gasteiger partial charge in [-0.15, -0.1) is 0 Å². The molecular formula is C27H31N3O2. The number of nitrogens with one attached hydrogen (secondary N) is 1. The number of ketones is 1. The van der Waals surface area contributed by atoms with Crippen molar-refractivity contribution in [2.75, 3.05) is 18.4 Å². The van der Waals surface area contributed by atoms with Gasteiger partial charge in [-0.05, 0) is 80.7 Å². The van der Waals surface area contributed by atoms with Crippen molar-refractivity contribution in [2.24, 2.45) is 0 Å². The molecule has 166 valence electrons. The molecule has 1 saturated heterocycles. The van der Waals surface area contributed by atoms with E-state index in [2.05, 4.69) is 23.2 Å². The topological polar surface area (TPSA) is 62.3 Å². The molecule has 1 aliphatic rings. The number of anilines is 1. The lowest BCUT2D eigenvalue weighted by molar-refractivity contribution is -0.118. The largest absolute Gasteiger partial charge is 0.322 e. The van der Waals surface area contributed by atoms with Gasteiger partial charge in [0.25, 0.3) is 5.91 Å². The summed E-state index contributed by atoms with van der Waals surface area (Å²) in [6.07, 6.45) is 5.45. The van der Waals surface area contributed by atoms with Gasteiger partial charge in [-0.2, -0.15) is 0 Å². The molecule has 1 aliphatic heterocycles. The van der Waals surface area contributed by atoms with Crippen molar-refractivity contribution in [3.8, 4) is 0 Å². The van der Waals surface area contributed by atoms with Gasteiger partial charge in [-0.3, -0.25) is 19.5 Å². The molecule has 0 spiro atoms. The van der Waals surface area contributed by atoms with E-state index in [-0.39, 0.29) is 11.7 Å². The molecule has 2 heterocycles. The normalized spacial score (nSPS) is 15.1. The molecule has 1 amide bonds. The minimum atomic E-state index is -0.167. The molecule has 5 nitrogen and oxygen atoms in total. The molecule has 32 heavy (non-hydrogen) atoms. The van der Waals surface area contributed by atoms with Crippen LogP contribution in [-0.2, 0) is 11.2 Å². The molecule has 0 bridgehead atoms. The number of fused-ring (bicyclic) bond motifs is 1. The van der Waals surface area contributed by atoms with Crippen molar-refractivity contribution in [3.05, 3.63) is 70.9 Å². The Kier molecular flexibility index (Phi) is 6.66. The minimum Gasteiger partial charge on any atom is -0.322 e. The third-order valence-corrected chi connectivity index (χ3v) is 6.56. The van der Waals surface area contributed by atoms with Crippen molar-refractivity contribution < 1.29 is 9.59 Å². The van der Waals surface area contributed by atoms with E-state index in [1.165, 1.54) is 18.4 Å². The highest BCUT2D eigenvalue weighted by molar-refractivity contribution is 6.06. The average Bonchev–Trinajstić information content (AvgIpc) is 3.35. The monoisotopic (exact) mass is 429 g/mol. The van der Waals surface area contributed by atoms with Crippen LogP contribution in [0.2, 0.25) is 0 Å². The summed E-state index contributed by atoms with van der Waals surface area (Å²) in [5, 5.41) is 4.11. The third kappa shape index (κ3) is 4.73. The lowest BCUT2D eigenvalue weighted by Gasteiger charge is -2.24. The number of rotatable bonds is 7. The zero-order valence-electron chi connectivity index (χ0n) is 19.1. The first-order valence-electron chi connectivity index (χ1n) is 11.5. The first-order valence-corrected chi connectivity index (χ1v) is 11.5. The molecule has 1 atom stereocenters. The third-order valence-electron chi connectivity index (χ3n) is 6.56. The summed E-state index contributed by atoms with van der Waals surface area (Å²) in [6.45, 7) is 8.41. The summed E-state index contributed by atoms with van der Waals surface area (Å²) in [4.78, 5) is 31.7. The fourth-order valence-electron chi connectivity index (χ4n) is 4.39. The fourth-order valence-corrected chi connectivity index (χ4v) is 4.39. The van der Waals surface area contributed by atoms with Crippen LogP contribution in [0, 0.1) is 6.92 Å². The van der Waals surface area contributed by atoms with Crippen LogP contribution < -0.4 is 5.32 Å². The summed E-state index contributed by atoms with van der Waals surface area (Å²) in [5.74, 6) is 0.0274. The van der Waals surface area contributed by atoms with Crippen LogP contribution in [0.25, 0.3) is 10.9 Å². The molecule has 1 aromatic heterocycles. The first kappa shape index (κ1) is 22.2. The molecule has 0 aliphatic carbocycles. The maximum atomic E-state index is 12.8. The van der Waals surface area contributed by atoms with E-state index in [1.54, 1.807) is 12.1 Å². The van der Waals surface area contributed by atoms with Crippen molar-refractivity contribution >= 4 is 28.3 Å². The average molecular weight is 430 g/mol. The van der Waals surface area contributed by atoms with Gasteiger partial charge < -0.3 is 5.32 Å². The van der Waals surface area contributed by atoms with Gasteiger partial charge in [-0.25, -0.2) is 0 Å². The van der Waals surface area contributed by atoms with Crippen molar-refractivity contribution in [3.63, 3.8) is 0 Å². The second kappa shape index (κ2) is 9.61. The van der Waals surface area contributed by atoms with Crippen molar-refractivity contribution in [1.82, 2.24) is 9.88 Å². The number of carbonyl (C=O) groups is 2.